The van der Waals surface area contributed by atoms with Gasteiger partial charge in [0.25, 0.3) is 0 Å². The molecule has 0 spiro atoms. The van der Waals surface area contributed by atoms with Crippen molar-refractivity contribution in [3.05, 3.63) is 29.8 Å². The number of hydrogen-bond donors (Lipinski definition) is 2. The second-order valence-electron chi connectivity index (χ2n) is 4.86. The molecule has 98 valence electrons. The first kappa shape index (κ1) is 16.2. The van der Waals surface area contributed by atoms with Crippen LogP contribution in [-0.4, -0.2) is 35.8 Å². The average molecular weight is 260 g/mol. The number of aromatic hydroxyl groups is 1. The van der Waals surface area contributed by atoms with E-state index in [4.69, 9.17) is 0 Å². The highest BCUT2D eigenvalue weighted by Gasteiger charge is 2.30. The Morgan fingerprint density at radius 3 is 2.41 bits per heavy atom. The molecule has 0 aliphatic rings. The van der Waals surface area contributed by atoms with Gasteiger partial charge in [-0.25, -0.2) is 0 Å². The summed E-state index contributed by atoms with van der Waals surface area (Å²) in [6.45, 7) is 4.59. The number of halogens is 1. The molecular weight excluding hydrogens is 238 g/mol. The standard InChI is InChI=1S/C13H21NO2.ClH/c1-10(9-14(3)4)13(2,16)11-6-5-7-12(15)8-11;/h5-8,10,15-16H,9H2,1-4H3;1H/t10-,13-;/m1./s1. The first-order chi connectivity index (χ1) is 7.34. The van der Waals surface area contributed by atoms with Crippen molar-refractivity contribution in [2.75, 3.05) is 20.6 Å². The zero-order valence-corrected chi connectivity index (χ0v) is 11.7. The lowest BCUT2D eigenvalue weighted by Gasteiger charge is -2.32. The summed E-state index contributed by atoms with van der Waals surface area (Å²) in [6, 6.07) is 6.82. The van der Waals surface area contributed by atoms with Crippen LogP contribution < -0.4 is 0 Å². The van der Waals surface area contributed by atoms with Crippen molar-refractivity contribution >= 4 is 12.4 Å². The molecule has 1 aromatic rings. The Kier molecular flexibility index (Phi) is 5.96. The Balaban J connectivity index is 0.00000256. The van der Waals surface area contributed by atoms with Crippen LogP contribution in [-0.2, 0) is 5.60 Å². The molecule has 0 saturated heterocycles. The fraction of sp³-hybridized carbons (Fsp3) is 0.538. The molecule has 0 radical (unpaired) electrons. The fourth-order valence-corrected chi connectivity index (χ4v) is 1.83. The minimum Gasteiger partial charge on any atom is -0.508 e. The number of hydrogen-bond acceptors (Lipinski definition) is 3. The van der Waals surface area contributed by atoms with Gasteiger partial charge in [-0.15, -0.1) is 12.4 Å². The van der Waals surface area contributed by atoms with E-state index in [1.165, 1.54) is 0 Å². The quantitative estimate of drug-likeness (QED) is 0.872. The Hall–Kier alpha value is -0.770. The van der Waals surface area contributed by atoms with Crippen molar-refractivity contribution in [2.24, 2.45) is 5.92 Å². The molecule has 0 aliphatic heterocycles. The van der Waals surface area contributed by atoms with Crippen molar-refractivity contribution in [3.63, 3.8) is 0 Å². The fourth-order valence-electron chi connectivity index (χ4n) is 1.83. The molecule has 1 rings (SSSR count). The van der Waals surface area contributed by atoms with E-state index in [0.29, 0.717) is 0 Å². The van der Waals surface area contributed by atoms with Gasteiger partial charge in [0.1, 0.15) is 5.75 Å². The predicted octanol–water partition coefficient (Wildman–Crippen LogP) is 2.22. The molecule has 0 bridgehead atoms. The summed E-state index contributed by atoms with van der Waals surface area (Å²) < 4.78 is 0. The molecular formula is C13H22ClNO2. The van der Waals surface area contributed by atoms with E-state index in [1.54, 1.807) is 25.1 Å². The number of phenols is 1. The maximum absolute atomic E-state index is 10.5. The van der Waals surface area contributed by atoms with Crippen molar-refractivity contribution in [1.82, 2.24) is 4.90 Å². The average Bonchev–Trinajstić information content (AvgIpc) is 2.16. The Bertz CT molecular complexity index is 353. The summed E-state index contributed by atoms with van der Waals surface area (Å²) in [6.07, 6.45) is 0. The molecule has 0 aliphatic carbocycles. The lowest BCUT2D eigenvalue weighted by Crippen LogP contribution is -2.36. The predicted molar refractivity (Wildman–Crippen MR) is 72.6 cm³/mol. The lowest BCUT2D eigenvalue weighted by molar-refractivity contribution is -0.00793. The molecule has 0 aromatic heterocycles. The zero-order valence-electron chi connectivity index (χ0n) is 10.8. The van der Waals surface area contributed by atoms with Gasteiger partial charge in [0.05, 0.1) is 5.60 Å². The maximum atomic E-state index is 10.5. The summed E-state index contributed by atoms with van der Waals surface area (Å²) >= 11 is 0. The Morgan fingerprint density at radius 2 is 1.94 bits per heavy atom. The van der Waals surface area contributed by atoms with Crippen LogP contribution in [0.2, 0.25) is 0 Å². The molecule has 0 saturated carbocycles. The van der Waals surface area contributed by atoms with Crippen LogP contribution in [0.4, 0.5) is 0 Å². The number of nitrogens with zero attached hydrogens (tertiary/aromatic N) is 1. The SMILES string of the molecule is C[C@H](CN(C)C)[C@@](C)(O)c1cccc(O)c1.Cl. The Labute approximate surface area is 109 Å². The highest BCUT2D eigenvalue weighted by Crippen LogP contribution is 2.31. The van der Waals surface area contributed by atoms with Gasteiger partial charge in [-0.05, 0) is 38.7 Å². The van der Waals surface area contributed by atoms with Crippen LogP contribution in [0, 0.1) is 5.92 Å². The van der Waals surface area contributed by atoms with Gasteiger partial charge >= 0.3 is 0 Å². The highest BCUT2D eigenvalue weighted by molar-refractivity contribution is 5.85. The number of rotatable bonds is 4. The third kappa shape index (κ3) is 4.19. The van der Waals surface area contributed by atoms with Gasteiger partial charge in [-0.2, -0.15) is 0 Å². The van der Waals surface area contributed by atoms with Crippen molar-refractivity contribution in [3.8, 4) is 5.75 Å². The largest absolute Gasteiger partial charge is 0.508 e. The normalized spacial score (nSPS) is 16.1. The van der Waals surface area contributed by atoms with Crippen LogP contribution in [0.1, 0.15) is 19.4 Å². The van der Waals surface area contributed by atoms with E-state index in [2.05, 4.69) is 0 Å². The monoisotopic (exact) mass is 259 g/mol. The summed E-state index contributed by atoms with van der Waals surface area (Å²) in [5.74, 6) is 0.277. The van der Waals surface area contributed by atoms with Crippen LogP contribution in [0.5, 0.6) is 5.75 Å². The van der Waals surface area contributed by atoms with E-state index in [9.17, 15) is 10.2 Å². The summed E-state index contributed by atoms with van der Waals surface area (Å²) in [5, 5.41) is 19.9. The molecule has 1 aromatic carbocycles. The minimum atomic E-state index is -0.928. The first-order valence-corrected chi connectivity index (χ1v) is 5.50. The molecule has 0 heterocycles. The zero-order chi connectivity index (χ0) is 12.3. The maximum Gasteiger partial charge on any atom is 0.115 e. The third-order valence-corrected chi connectivity index (χ3v) is 3.03. The first-order valence-electron chi connectivity index (χ1n) is 5.50. The molecule has 3 nitrogen and oxygen atoms in total. The van der Waals surface area contributed by atoms with Crippen LogP contribution in [0.15, 0.2) is 24.3 Å². The van der Waals surface area contributed by atoms with Gasteiger partial charge < -0.3 is 15.1 Å². The topological polar surface area (TPSA) is 43.7 Å². The van der Waals surface area contributed by atoms with E-state index in [0.717, 1.165) is 12.1 Å². The molecule has 2 N–H and O–H groups in total. The second kappa shape index (κ2) is 6.24. The number of aliphatic hydroxyl groups is 1. The van der Waals surface area contributed by atoms with Gasteiger partial charge in [0.15, 0.2) is 0 Å². The summed E-state index contributed by atoms with van der Waals surface area (Å²) in [4.78, 5) is 2.04. The third-order valence-electron chi connectivity index (χ3n) is 3.03. The van der Waals surface area contributed by atoms with Gasteiger partial charge in [-0.3, -0.25) is 0 Å². The van der Waals surface area contributed by atoms with Gasteiger partial charge in [0, 0.05) is 12.5 Å². The van der Waals surface area contributed by atoms with Crippen LogP contribution in [0.3, 0.4) is 0 Å². The van der Waals surface area contributed by atoms with E-state index < -0.39 is 5.60 Å². The molecule has 0 amide bonds. The molecule has 0 fully saturated rings. The number of benzene rings is 1. The van der Waals surface area contributed by atoms with Crippen molar-refractivity contribution in [1.29, 1.82) is 0 Å². The van der Waals surface area contributed by atoms with Crippen LogP contribution in [0.25, 0.3) is 0 Å². The van der Waals surface area contributed by atoms with E-state index in [1.807, 2.05) is 32.0 Å². The summed E-state index contributed by atoms with van der Waals surface area (Å²) in [5.41, 5.74) is -0.176. The van der Waals surface area contributed by atoms with E-state index in [-0.39, 0.29) is 24.1 Å². The second-order valence-corrected chi connectivity index (χ2v) is 4.86. The number of phenolic OH excluding ortho intramolecular Hbond substituents is 1. The molecule has 17 heavy (non-hydrogen) atoms. The molecule has 4 heteroatoms. The molecule has 2 atom stereocenters. The Morgan fingerprint density at radius 1 is 1.35 bits per heavy atom. The highest BCUT2D eigenvalue weighted by atomic mass is 35.5. The lowest BCUT2D eigenvalue weighted by atomic mass is 9.83. The van der Waals surface area contributed by atoms with E-state index >= 15 is 0 Å². The van der Waals surface area contributed by atoms with Gasteiger partial charge in [-0.1, -0.05) is 19.1 Å². The van der Waals surface area contributed by atoms with Crippen molar-refractivity contribution in [2.45, 2.75) is 19.4 Å². The van der Waals surface area contributed by atoms with Gasteiger partial charge in [0.2, 0.25) is 0 Å². The van der Waals surface area contributed by atoms with Crippen molar-refractivity contribution < 1.29 is 10.2 Å². The molecule has 0 unspecified atom stereocenters. The minimum absolute atomic E-state index is 0. The van der Waals surface area contributed by atoms with Crippen LogP contribution >= 0.6 is 12.4 Å². The summed E-state index contributed by atoms with van der Waals surface area (Å²) in [7, 11) is 3.96. The smallest absolute Gasteiger partial charge is 0.115 e.